The molecule has 7 heteroatoms. The third kappa shape index (κ3) is 5.57. The highest BCUT2D eigenvalue weighted by molar-refractivity contribution is 5.74. The van der Waals surface area contributed by atoms with Gasteiger partial charge < -0.3 is 15.7 Å². The molecule has 0 atom stereocenters. The van der Waals surface area contributed by atoms with Crippen LogP contribution < -0.4 is 10.6 Å². The van der Waals surface area contributed by atoms with Gasteiger partial charge in [0.15, 0.2) is 0 Å². The minimum Gasteiger partial charge on any atom is -0.481 e. The van der Waals surface area contributed by atoms with E-state index < -0.39 is 5.97 Å². The van der Waals surface area contributed by atoms with Crippen LogP contribution in [0.4, 0.5) is 4.79 Å². The van der Waals surface area contributed by atoms with Crippen LogP contribution in [0, 0.1) is 5.92 Å². The smallest absolute Gasteiger partial charge is 0.315 e. The zero-order valence-electron chi connectivity index (χ0n) is 15.3. The maximum absolute atomic E-state index is 12.1. The van der Waals surface area contributed by atoms with Crippen LogP contribution in [0.3, 0.4) is 0 Å². The molecule has 0 unspecified atom stereocenters. The predicted octanol–water partition coefficient (Wildman–Crippen LogP) is 2.57. The third-order valence-electron chi connectivity index (χ3n) is 5.10. The SMILES string of the molecule is O=C(NCc1ccnn1CCc1ccccc1)NC1CCC(C(=O)O)CC1. The molecule has 1 aromatic heterocycles. The topological polar surface area (TPSA) is 96.3 Å². The minimum absolute atomic E-state index is 0.0450. The third-order valence-corrected chi connectivity index (χ3v) is 5.10. The van der Waals surface area contributed by atoms with Crippen LogP contribution in [0.1, 0.15) is 36.9 Å². The first-order chi connectivity index (χ1) is 13.1. The summed E-state index contributed by atoms with van der Waals surface area (Å²) in [5.41, 5.74) is 2.21. The minimum atomic E-state index is -0.735. The normalized spacial score (nSPS) is 19.4. The number of carboxylic acid groups (broad SMARTS) is 1. The highest BCUT2D eigenvalue weighted by atomic mass is 16.4. The van der Waals surface area contributed by atoms with Crippen LogP contribution >= 0.6 is 0 Å². The molecule has 3 N–H and O–H groups in total. The highest BCUT2D eigenvalue weighted by Gasteiger charge is 2.26. The Morgan fingerprint density at radius 2 is 1.85 bits per heavy atom. The van der Waals surface area contributed by atoms with Gasteiger partial charge in [-0.25, -0.2) is 4.79 Å². The van der Waals surface area contributed by atoms with E-state index in [4.69, 9.17) is 5.11 Å². The van der Waals surface area contributed by atoms with E-state index in [-0.39, 0.29) is 18.0 Å². The molecule has 27 heavy (non-hydrogen) atoms. The Kier molecular flexibility index (Phi) is 6.46. The van der Waals surface area contributed by atoms with Crippen molar-refractivity contribution in [2.45, 2.75) is 51.2 Å². The molecule has 1 aliphatic rings. The Balaban J connectivity index is 1.42. The predicted molar refractivity (Wildman–Crippen MR) is 101 cm³/mol. The second kappa shape index (κ2) is 9.21. The van der Waals surface area contributed by atoms with Gasteiger partial charge in [-0.05, 0) is 43.7 Å². The summed E-state index contributed by atoms with van der Waals surface area (Å²) in [5, 5.41) is 19.2. The van der Waals surface area contributed by atoms with Crippen molar-refractivity contribution < 1.29 is 14.7 Å². The average Bonchev–Trinajstić information content (AvgIpc) is 3.13. The van der Waals surface area contributed by atoms with Gasteiger partial charge in [0, 0.05) is 18.8 Å². The monoisotopic (exact) mass is 370 g/mol. The van der Waals surface area contributed by atoms with E-state index in [0.717, 1.165) is 18.7 Å². The van der Waals surface area contributed by atoms with Crippen molar-refractivity contribution in [2.24, 2.45) is 5.92 Å². The number of rotatable bonds is 7. The summed E-state index contributed by atoms with van der Waals surface area (Å²) in [7, 11) is 0. The molecule has 1 aromatic carbocycles. The number of carboxylic acids is 1. The van der Waals surface area contributed by atoms with Gasteiger partial charge >= 0.3 is 12.0 Å². The molecule has 1 heterocycles. The van der Waals surface area contributed by atoms with Crippen LogP contribution in [0.25, 0.3) is 0 Å². The molecule has 0 bridgehead atoms. The Labute approximate surface area is 158 Å². The molecular weight excluding hydrogens is 344 g/mol. The van der Waals surface area contributed by atoms with Gasteiger partial charge in [0.05, 0.1) is 18.2 Å². The van der Waals surface area contributed by atoms with Crippen LogP contribution in [0.5, 0.6) is 0 Å². The number of nitrogens with one attached hydrogen (secondary N) is 2. The number of hydrogen-bond acceptors (Lipinski definition) is 3. The molecule has 1 saturated carbocycles. The number of benzene rings is 1. The number of aryl methyl sites for hydroxylation is 2. The second-order valence-electron chi connectivity index (χ2n) is 7.00. The van der Waals surface area contributed by atoms with Crippen molar-refractivity contribution in [1.29, 1.82) is 0 Å². The Morgan fingerprint density at radius 3 is 2.56 bits per heavy atom. The molecule has 2 amide bonds. The van der Waals surface area contributed by atoms with Gasteiger partial charge in [0.1, 0.15) is 0 Å². The maximum Gasteiger partial charge on any atom is 0.315 e. The van der Waals surface area contributed by atoms with Crippen molar-refractivity contribution in [3.8, 4) is 0 Å². The first kappa shape index (κ1) is 18.9. The fourth-order valence-corrected chi connectivity index (χ4v) is 3.48. The number of hydrogen-bond donors (Lipinski definition) is 3. The number of aromatic nitrogens is 2. The molecule has 144 valence electrons. The fraction of sp³-hybridized carbons (Fsp3) is 0.450. The summed E-state index contributed by atoms with van der Waals surface area (Å²) in [6, 6.07) is 12.0. The largest absolute Gasteiger partial charge is 0.481 e. The van der Waals surface area contributed by atoms with Crippen molar-refractivity contribution in [3.05, 3.63) is 53.9 Å². The lowest BCUT2D eigenvalue weighted by Gasteiger charge is -2.26. The number of amides is 2. The van der Waals surface area contributed by atoms with Gasteiger partial charge in [-0.1, -0.05) is 30.3 Å². The number of nitrogens with zero attached hydrogens (tertiary/aromatic N) is 2. The second-order valence-corrected chi connectivity index (χ2v) is 7.00. The molecule has 1 fully saturated rings. The van der Waals surface area contributed by atoms with Gasteiger partial charge in [-0.2, -0.15) is 5.10 Å². The quantitative estimate of drug-likeness (QED) is 0.698. The van der Waals surface area contributed by atoms with Crippen LogP contribution in [-0.4, -0.2) is 32.9 Å². The van der Waals surface area contributed by atoms with Gasteiger partial charge in [0.2, 0.25) is 0 Å². The van der Waals surface area contributed by atoms with Crippen molar-refractivity contribution >= 4 is 12.0 Å². The van der Waals surface area contributed by atoms with Gasteiger partial charge in [-0.15, -0.1) is 0 Å². The Morgan fingerprint density at radius 1 is 1.11 bits per heavy atom. The number of carbonyl (C=O) groups is 2. The summed E-state index contributed by atoms with van der Waals surface area (Å²) in [4.78, 5) is 23.1. The van der Waals surface area contributed by atoms with Crippen LogP contribution in [0.15, 0.2) is 42.6 Å². The Hall–Kier alpha value is -2.83. The van der Waals surface area contributed by atoms with Gasteiger partial charge in [-0.3, -0.25) is 9.48 Å². The van der Waals surface area contributed by atoms with E-state index in [0.29, 0.717) is 32.2 Å². The summed E-state index contributed by atoms with van der Waals surface area (Å²) < 4.78 is 1.91. The molecule has 0 saturated heterocycles. The maximum atomic E-state index is 12.1. The molecule has 7 nitrogen and oxygen atoms in total. The van der Waals surface area contributed by atoms with E-state index in [1.165, 1.54) is 5.56 Å². The molecule has 0 aliphatic heterocycles. The van der Waals surface area contributed by atoms with Crippen LogP contribution in [0.2, 0.25) is 0 Å². The molecule has 0 spiro atoms. The van der Waals surface area contributed by atoms with Crippen molar-refractivity contribution in [1.82, 2.24) is 20.4 Å². The van der Waals surface area contributed by atoms with Crippen LogP contribution in [-0.2, 0) is 24.3 Å². The van der Waals surface area contributed by atoms with Crippen molar-refractivity contribution in [2.75, 3.05) is 0 Å². The van der Waals surface area contributed by atoms with Crippen molar-refractivity contribution in [3.63, 3.8) is 0 Å². The zero-order chi connectivity index (χ0) is 19.1. The summed E-state index contributed by atoms with van der Waals surface area (Å²) in [6.45, 7) is 1.17. The lowest BCUT2D eigenvalue weighted by Crippen LogP contribution is -2.44. The first-order valence-electron chi connectivity index (χ1n) is 9.43. The summed E-state index contributed by atoms with van der Waals surface area (Å²) in [5.74, 6) is -1.01. The molecule has 2 aromatic rings. The van der Waals surface area contributed by atoms with E-state index in [2.05, 4.69) is 27.9 Å². The number of urea groups is 1. The van der Waals surface area contributed by atoms with E-state index in [9.17, 15) is 9.59 Å². The molecule has 3 rings (SSSR count). The molecule has 1 aliphatic carbocycles. The number of carbonyl (C=O) groups excluding carboxylic acids is 1. The molecular formula is C20H26N4O3. The lowest BCUT2D eigenvalue weighted by atomic mass is 9.86. The van der Waals surface area contributed by atoms with E-state index in [1.807, 2.05) is 28.9 Å². The highest BCUT2D eigenvalue weighted by Crippen LogP contribution is 2.24. The zero-order valence-corrected chi connectivity index (χ0v) is 15.3. The standard InChI is InChI=1S/C20H26N4O3/c25-19(26)16-6-8-17(9-7-16)23-20(27)21-14-18-10-12-22-24(18)13-11-15-4-2-1-3-5-15/h1-5,10,12,16-17H,6-9,11,13-14H2,(H,25,26)(H2,21,23,27). The fourth-order valence-electron chi connectivity index (χ4n) is 3.48. The van der Waals surface area contributed by atoms with Gasteiger partial charge in [0.25, 0.3) is 0 Å². The lowest BCUT2D eigenvalue weighted by molar-refractivity contribution is -0.142. The Bertz CT molecular complexity index is 752. The summed E-state index contributed by atoms with van der Waals surface area (Å²) >= 11 is 0. The summed E-state index contributed by atoms with van der Waals surface area (Å²) in [6.07, 6.45) is 5.28. The number of aliphatic carboxylic acids is 1. The van der Waals surface area contributed by atoms with E-state index in [1.54, 1.807) is 6.20 Å². The van der Waals surface area contributed by atoms with E-state index >= 15 is 0 Å². The first-order valence-corrected chi connectivity index (χ1v) is 9.43. The average molecular weight is 370 g/mol. The molecule has 0 radical (unpaired) electrons.